The van der Waals surface area contributed by atoms with Crippen LogP contribution in [0.15, 0.2) is 66.4 Å². The van der Waals surface area contributed by atoms with Crippen molar-refractivity contribution in [3.8, 4) is 0 Å². The molecule has 3 nitrogen and oxygen atoms in total. The van der Waals surface area contributed by atoms with Crippen LogP contribution in [0.2, 0.25) is 0 Å². The van der Waals surface area contributed by atoms with Crippen molar-refractivity contribution in [2.24, 2.45) is 0 Å². The molecule has 2 aromatic carbocycles. The zero-order valence-corrected chi connectivity index (χ0v) is 11.7. The highest BCUT2D eigenvalue weighted by atomic mass is 16.6. The van der Waals surface area contributed by atoms with Gasteiger partial charge in [-0.15, -0.1) is 0 Å². The van der Waals surface area contributed by atoms with Gasteiger partial charge in [-0.25, -0.2) is 4.79 Å². The predicted octanol–water partition coefficient (Wildman–Crippen LogP) is 3.68. The topological polar surface area (TPSA) is 46.5 Å². The maximum atomic E-state index is 11.8. The lowest BCUT2D eigenvalue weighted by Gasteiger charge is -2.21. The average Bonchev–Trinajstić information content (AvgIpc) is 2.84. The molecule has 0 fully saturated rings. The summed E-state index contributed by atoms with van der Waals surface area (Å²) in [6.07, 6.45) is -0.470. The van der Waals surface area contributed by atoms with E-state index in [9.17, 15) is 9.90 Å². The number of aliphatic hydroxyl groups excluding tert-OH is 1. The van der Waals surface area contributed by atoms with Gasteiger partial charge in [0.25, 0.3) is 0 Å². The lowest BCUT2D eigenvalue weighted by Crippen LogP contribution is -2.19. The normalized spacial score (nSPS) is 19.5. The van der Waals surface area contributed by atoms with Crippen LogP contribution < -0.4 is 0 Å². The van der Waals surface area contributed by atoms with E-state index in [-0.39, 0.29) is 11.7 Å². The molecule has 1 heterocycles. The molecular formula is C18H16O3. The lowest BCUT2D eigenvalue weighted by molar-refractivity contribution is -0.142. The SMILES string of the molecule is C[C@H](c1ccccc1)[C@@H]1OC(=O)C(O)=C1c1ccccc1. The second kappa shape index (κ2) is 5.44. The van der Waals surface area contributed by atoms with Crippen LogP contribution in [0, 0.1) is 0 Å². The Bertz CT molecular complexity index is 674. The minimum Gasteiger partial charge on any atom is -0.502 e. The molecule has 0 bridgehead atoms. The Morgan fingerprint density at radius 1 is 1.00 bits per heavy atom. The van der Waals surface area contributed by atoms with Gasteiger partial charge in [0.1, 0.15) is 6.10 Å². The second-order valence-electron chi connectivity index (χ2n) is 5.15. The van der Waals surface area contributed by atoms with Crippen LogP contribution in [0.25, 0.3) is 5.57 Å². The minimum atomic E-state index is -0.651. The molecule has 0 aromatic heterocycles. The van der Waals surface area contributed by atoms with E-state index in [4.69, 9.17) is 4.74 Å². The van der Waals surface area contributed by atoms with E-state index in [0.717, 1.165) is 11.1 Å². The predicted molar refractivity (Wildman–Crippen MR) is 80.7 cm³/mol. The van der Waals surface area contributed by atoms with Crippen molar-refractivity contribution in [1.82, 2.24) is 0 Å². The molecule has 106 valence electrons. The van der Waals surface area contributed by atoms with Crippen LogP contribution in [0.1, 0.15) is 24.0 Å². The third-order valence-corrected chi connectivity index (χ3v) is 3.83. The largest absolute Gasteiger partial charge is 0.502 e. The summed E-state index contributed by atoms with van der Waals surface area (Å²) in [4.78, 5) is 11.8. The quantitative estimate of drug-likeness (QED) is 0.872. The van der Waals surface area contributed by atoms with Crippen molar-refractivity contribution < 1.29 is 14.6 Å². The molecule has 0 saturated heterocycles. The molecule has 0 saturated carbocycles. The van der Waals surface area contributed by atoms with Crippen LogP contribution in [-0.2, 0) is 9.53 Å². The molecule has 0 aliphatic carbocycles. The Labute approximate surface area is 123 Å². The molecule has 0 amide bonds. The van der Waals surface area contributed by atoms with Crippen LogP contribution in [0.4, 0.5) is 0 Å². The van der Waals surface area contributed by atoms with E-state index in [0.29, 0.717) is 5.57 Å². The molecule has 0 spiro atoms. The Hall–Kier alpha value is -2.55. The highest BCUT2D eigenvalue weighted by molar-refractivity contribution is 6.00. The van der Waals surface area contributed by atoms with Gasteiger partial charge < -0.3 is 9.84 Å². The molecule has 3 heteroatoms. The van der Waals surface area contributed by atoms with E-state index < -0.39 is 12.1 Å². The summed E-state index contributed by atoms with van der Waals surface area (Å²) in [7, 11) is 0. The number of ether oxygens (including phenoxy) is 1. The zero-order valence-electron chi connectivity index (χ0n) is 11.7. The molecule has 0 radical (unpaired) electrons. The van der Waals surface area contributed by atoms with Crippen LogP contribution in [0.3, 0.4) is 0 Å². The molecule has 21 heavy (non-hydrogen) atoms. The molecule has 1 aliphatic heterocycles. The van der Waals surface area contributed by atoms with Crippen LogP contribution >= 0.6 is 0 Å². The van der Waals surface area contributed by atoms with Crippen molar-refractivity contribution in [3.05, 3.63) is 77.5 Å². The molecule has 0 unspecified atom stereocenters. The second-order valence-corrected chi connectivity index (χ2v) is 5.15. The van der Waals surface area contributed by atoms with E-state index in [1.165, 1.54) is 0 Å². The number of hydrogen-bond donors (Lipinski definition) is 1. The van der Waals surface area contributed by atoms with Gasteiger partial charge in [-0.3, -0.25) is 0 Å². The molecular weight excluding hydrogens is 264 g/mol. The molecule has 1 aliphatic rings. The average molecular weight is 280 g/mol. The van der Waals surface area contributed by atoms with Crippen molar-refractivity contribution in [3.63, 3.8) is 0 Å². The van der Waals surface area contributed by atoms with E-state index >= 15 is 0 Å². The fourth-order valence-electron chi connectivity index (χ4n) is 2.68. The zero-order chi connectivity index (χ0) is 14.8. The summed E-state index contributed by atoms with van der Waals surface area (Å²) in [5, 5.41) is 10.1. The summed E-state index contributed by atoms with van der Waals surface area (Å²) in [5.41, 5.74) is 2.45. The smallest absolute Gasteiger partial charge is 0.374 e. The van der Waals surface area contributed by atoms with Crippen molar-refractivity contribution >= 4 is 11.5 Å². The lowest BCUT2D eigenvalue weighted by atomic mass is 9.88. The standard InChI is InChI=1S/C18H16O3/c1-12(13-8-4-2-5-9-13)17-15(16(19)18(20)21-17)14-10-6-3-7-11-14/h2-12,17,19H,1H3/t12-,17+/m1/s1. The van der Waals surface area contributed by atoms with Gasteiger partial charge in [0, 0.05) is 11.5 Å². The van der Waals surface area contributed by atoms with Crippen molar-refractivity contribution in [2.75, 3.05) is 0 Å². The van der Waals surface area contributed by atoms with Crippen molar-refractivity contribution in [2.45, 2.75) is 18.9 Å². The van der Waals surface area contributed by atoms with Crippen LogP contribution in [-0.4, -0.2) is 17.2 Å². The minimum absolute atomic E-state index is 0.0324. The van der Waals surface area contributed by atoms with Gasteiger partial charge in [-0.2, -0.15) is 0 Å². The first-order valence-corrected chi connectivity index (χ1v) is 6.93. The fraction of sp³-hybridized carbons (Fsp3) is 0.167. The highest BCUT2D eigenvalue weighted by Crippen LogP contribution is 2.38. The van der Waals surface area contributed by atoms with Gasteiger partial charge in [0.05, 0.1) is 0 Å². The van der Waals surface area contributed by atoms with Gasteiger partial charge in [-0.05, 0) is 11.1 Å². The first kappa shape index (κ1) is 13.4. The molecule has 1 N–H and O–H groups in total. The monoisotopic (exact) mass is 280 g/mol. The number of rotatable bonds is 3. The molecule has 2 atom stereocenters. The first-order valence-electron chi connectivity index (χ1n) is 6.93. The number of benzene rings is 2. The summed E-state index contributed by atoms with van der Waals surface area (Å²) < 4.78 is 5.39. The van der Waals surface area contributed by atoms with E-state index in [1.807, 2.05) is 67.6 Å². The third kappa shape index (κ3) is 2.42. The number of aliphatic hydroxyl groups is 1. The maximum Gasteiger partial charge on any atom is 0.374 e. The van der Waals surface area contributed by atoms with Crippen molar-refractivity contribution in [1.29, 1.82) is 0 Å². The Kier molecular flexibility index (Phi) is 3.48. The van der Waals surface area contributed by atoms with E-state index in [1.54, 1.807) is 0 Å². The van der Waals surface area contributed by atoms with Gasteiger partial charge in [0.2, 0.25) is 5.76 Å². The van der Waals surface area contributed by atoms with Gasteiger partial charge >= 0.3 is 5.97 Å². The number of esters is 1. The molecule has 2 aromatic rings. The summed E-state index contributed by atoms with van der Waals surface area (Å²) in [6, 6.07) is 19.2. The van der Waals surface area contributed by atoms with Gasteiger partial charge in [0.15, 0.2) is 0 Å². The summed E-state index contributed by atoms with van der Waals surface area (Å²) in [6.45, 7) is 1.99. The fourth-order valence-corrected chi connectivity index (χ4v) is 2.68. The van der Waals surface area contributed by atoms with Gasteiger partial charge in [-0.1, -0.05) is 67.6 Å². The number of carbonyl (C=O) groups excluding carboxylic acids is 1. The maximum absolute atomic E-state index is 11.8. The Morgan fingerprint density at radius 2 is 1.57 bits per heavy atom. The van der Waals surface area contributed by atoms with Crippen LogP contribution in [0.5, 0.6) is 0 Å². The first-order chi connectivity index (χ1) is 10.2. The number of hydrogen-bond acceptors (Lipinski definition) is 3. The Balaban J connectivity index is 2.01. The third-order valence-electron chi connectivity index (χ3n) is 3.83. The highest BCUT2D eigenvalue weighted by Gasteiger charge is 2.38. The number of carbonyl (C=O) groups is 1. The number of cyclic esters (lactones) is 1. The van der Waals surface area contributed by atoms with E-state index in [2.05, 4.69) is 0 Å². The molecule has 3 rings (SSSR count). The Morgan fingerprint density at radius 3 is 2.19 bits per heavy atom. The summed E-state index contributed by atoms with van der Waals surface area (Å²) >= 11 is 0. The summed E-state index contributed by atoms with van der Waals surface area (Å²) in [5.74, 6) is -0.967.